The van der Waals surface area contributed by atoms with Crippen molar-refractivity contribution >= 4 is 0 Å². The van der Waals surface area contributed by atoms with E-state index in [0.29, 0.717) is 24.6 Å². The quantitative estimate of drug-likeness (QED) is 0.619. The number of aromatic hydroxyl groups is 1. The molecule has 3 aliphatic carbocycles. The lowest BCUT2D eigenvalue weighted by Gasteiger charge is -2.65. The third-order valence-corrected chi connectivity index (χ3v) is 8.15. The van der Waals surface area contributed by atoms with Gasteiger partial charge in [-0.1, -0.05) is 6.07 Å². The van der Waals surface area contributed by atoms with Crippen LogP contribution in [0.5, 0.6) is 11.5 Å². The van der Waals surface area contributed by atoms with Crippen molar-refractivity contribution in [2.75, 3.05) is 20.1 Å². The maximum Gasteiger partial charge on any atom is 0.165 e. The topological polar surface area (TPSA) is 85.2 Å². The molecule has 1 saturated heterocycles. The number of hydrogen-bond acceptors (Lipinski definition) is 6. The number of phenols is 1. The van der Waals surface area contributed by atoms with Crippen molar-refractivity contribution in [1.82, 2.24) is 10.2 Å². The molecule has 3 unspecified atom stereocenters. The molecule has 2 saturated carbocycles. The number of likely N-dealkylation sites (tertiary alicyclic amines) is 1. The average Bonchev–Trinajstić information content (AvgIpc) is 3.37. The number of phenolic OH excluding ortho intramolecular Hbond substituents is 1. The van der Waals surface area contributed by atoms with Crippen molar-refractivity contribution in [3.8, 4) is 11.5 Å². The fourth-order valence-corrected chi connectivity index (χ4v) is 6.83. The normalized spacial score (nSPS) is 44.7. The minimum Gasteiger partial charge on any atom is -0.504 e. The molecule has 1 spiro atoms. The number of likely N-dealkylation sites (N-methyl/N-ethyl adjacent to an activating group) is 1. The van der Waals surface area contributed by atoms with Gasteiger partial charge in [0.2, 0.25) is 0 Å². The van der Waals surface area contributed by atoms with E-state index in [4.69, 9.17) is 4.74 Å². The van der Waals surface area contributed by atoms with Gasteiger partial charge < -0.3 is 25.4 Å². The van der Waals surface area contributed by atoms with Gasteiger partial charge in [-0.15, -0.1) is 0 Å². The van der Waals surface area contributed by atoms with Crippen LogP contribution in [0.4, 0.5) is 0 Å². The summed E-state index contributed by atoms with van der Waals surface area (Å²) in [6.45, 7) is 1.52. The Morgan fingerprint density at radius 2 is 2.11 bits per heavy atom. The van der Waals surface area contributed by atoms with Crippen LogP contribution >= 0.6 is 0 Å². The summed E-state index contributed by atoms with van der Waals surface area (Å²) in [7, 11) is 1.91. The molecule has 2 bridgehead atoms. The predicted molar refractivity (Wildman–Crippen MR) is 99.0 cm³/mol. The van der Waals surface area contributed by atoms with Gasteiger partial charge in [-0.3, -0.25) is 4.90 Å². The molecule has 5 aliphatic rings. The van der Waals surface area contributed by atoms with E-state index in [2.05, 4.69) is 10.2 Å². The maximum absolute atomic E-state index is 12.2. The first-order valence-electron chi connectivity index (χ1n) is 10.3. The molecule has 2 heterocycles. The Morgan fingerprint density at radius 3 is 2.85 bits per heavy atom. The second-order valence-corrected chi connectivity index (χ2v) is 9.35. The lowest BCUT2D eigenvalue weighted by molar-refractivity contribution is -0.230. The highest BCUT2D eigenvalue weighted by molar-refractivity contribution is 5.63. The zero-order valence-corrected chi connectivity index (χ0v) is 15.7. The van der Waals surface area contributed by atoms with Crippen LogP contribution in [0.1, 0.15) is 36.8 Å². The van der Waals surface area contributed by atoms with E-state index in [1.807, 2.05) is 13.1 Å². The molecule has 6 atom stereocenters. The van der Waals surface area contributed by atoms with Gasteiger partial charge in [0.1, 0.15) is 6.10 Å². The molecule has 6 heteroatoms. The van der Waals surface area contributed by atoms with Gasteiger partial charge in [0.05, 0.1) is 17.1 Å². The van der Waals surface area contributed by atoms with E-state index in [-0.39, 0.29) is 23.9 Å². The van der Waals surface area contributed by atoms with Crippen LogP contribution in [0.15, 0.2) is 12.1 Å². The molecule has 1 aromatic carbocycles. The Labute approximate surface area is 159 Å². The minimum absolute atomic E-state index is 0.00611. The van der Waals surface area contributed by atoms with Crippen molar-refractivity contribution in [2.45, 2.75) is 67.4 Å². The lowest BCUT2D eigenvalue weighted by Crippen LogP contribution is -2.82. The van der Waals surface area contributed by atoms with Crippen molar-refractivity contribution in [2.24, 2.45) is 5.92 Å². The average molecular weight is 372 g/mol. The number of aliphatic hydroxyl groups excluding tert-OH is 1. The van der Waals surface area contributed by atoms with Crippen molar-refractivity contribution in [3.05, 3.63) is 23.3 Å². The zero-order valence-electron chi connectivity index (χ0n) is 15.7. The summed E-state index contributed by atoms with van der Waals surface area (Å²) in [6.07, 6.45) is 3.60. The van der Waals surface area contributed by atoms with Crippen LogP contribution in [0.2, 0.25) is 0 Å². The van der Waals surface area contributed by atoms with Crippen LogP contribution < -0.4 is 10.1 Å². The number of hydrogen-bond donors (Lipinski definition) is 4. The highest BCUT2D eigenvalue weighted by Gasteiger charge is 2.76. The van der Waals surface area contributed by atoms with Crippen LogP contribution in [0.3, 0.4) is 0 Å². The zero-order chi connectivity index (χ0) is 18.6. The molecule has 3 fully saturated rings. The van der Waals surface area contributed by atoms with E-state index >= 15 is 0 Å². The van der Waals surface area contributed by atoms with E-state index in [0.717, 1.165) is 30.5 Å². The lowest BCUT2D eigenvalue weighted by atomic mass is 9.47. The molecular weight excluding hydrogens is 344 g/mol. The van der Waals surface area contributed by atoms with Gasteiger partial charge in [-0.25, -0.2) is 0 Å². The summed E-state index contributed by atoms with van der Waals surface area (Å²) in [5.41, 5.74) is 0.0654. The summed E-state index contributed by atoms with van der Waals surface area (Å²) >= 11 is 0. The third-order valence-electron chi connectivity index (χ3n) is 8.15. The first-order valence-corrected chi connectivity index (χ1v) is 10.3. The van der Waals surface area contributed by atoms with E-state index < -0.39 is 17.1 Å². The van der Waals surface area contributed by atoms with Crippen LogP contribution in [0.25, 0.3) is 0 Å². The number of ether oxygens (including phenoxy) is 1. The molecule has 4 N–H and O–H groups in total. The van der Waals surface area contributed by atoms with Gasteiger partial charge >= 0.3 is 0 Å². The summed E-state index contributed by atoms with van der Waals surface area (Å²) in [5.74, 6) is 1.29. The second kappa shape index (κ2) is 5.17. The third kappa shape index (κ3) is 1.81. The number of aliphatic hydroxyl groups is 2. The van der Waals surface area contributed by atoms with Gasteiger partial charge in [0, 0.05) is 30.7 Å². The molecule has 146 valence electrons. The van der Waals surface area contributed by atoms with Gasteiger partial charge in [0.25, 0.3) is 0 Å². The van der Waals surface area contributed by atoms with E-state index in [1.165, 1.54) is 12.8 Å². The molecule has 1 aromatic rings. The van der Waals surface area contributed by atoms with Gasteiger partial charge in [-0.05, 0) is 56.7 Å². The Balaban J connectivity index is 1.59. The second-order valence-electron chi connectivity index (χ2n) is 9.35. The van der Waals surface area contributed by atoms with Gasteiger partial charge in [0.15, 0.2) is 11.5 Å². The Bertz CT molecular complexity index is 812. The number of β-amino-alcohol motifs (C(OH)–C–C–N with tert-alkyl or cyclic N) is 1. The smallest absolute Gasteiger partial charge is 0.165 e. The van der Waals surface area contributed by atoms with E-state index in [9.17, 15) is 15.3 Å². The van der Waals surface area contributed by atoms with Crippen LogP contribution in [0, 0.1) is 5.92 Å². The highest BCUT2D eigenvalue weighted by atomic mass is 16.5. The first kappa shape index (κ1) is 16.6. The molecule has 27 heavy (non-hydrogen) atoms. The summed E-state index contributed by atoms with van der Waals surface area (Å²) < 4.78 is 6.33. The predicted octanol–water partition coefficient (Wildman–Crippen LogP) is 0.515. The molecule has 0 aromatic heterocycles. The van der Waals surface area contributed by atoms with Gasteiger partial charge in [-0.2, -0.15) is 0 Å². The SMILES string of the molecule is CNC1CC[C@@]2(O)[C@H]3Cc4ccc(O)c5c4[C@@]2(C(O)CN3CC2CC2)C1O5. The highest BCUT2D eigenvalue weighted by Crippen LogP contribution is 2.65. The molecule has 0 amide bonds. The van der Waals surface area contributed by atoms with Crippen molar-refractivity contribution in [3.63, 3.8) is 0 Å². The van der Waals surface area contributed by atoms with E-state index in [1.54, 1.807) is 6.07 Å². The Hall–Kier alpha value is -1.34. The fourth-order valence-electron chi connectivity index (χ4n) is 6.83. The molecule has 6 nitrogen and oxygen atoms in total. The summed E-state index contributed by atoms with van der Waals surface area (Å²) in [6, 6.07) is 3.69. The number of benzene rings is 1. The van der Waals surface area contributed by atoms with Crippen molar-refractivity contribution < 1.29 is 20.1 Å². The Morgan fingerprint density at radius 1 is 1.30 bits per heavy atom. The molecule has 6 rings (SSSR count). The number of nitrogens with one attached hydrogen (secondary N) is 1. The number of piperidine rings is 1. The molecule has 0 radical (unpaired) electrons. The Kier molecular flexibility index (Phi) is 3.18. The maximum atomic E-state index is 12.2. The number of rotatable bonds is 3. The fraction of sp³-hybridized carbons (Fsp3) is 0.714. The summed E-state index contributed by atoms with van der Waals surface area (Å²) in [5, 5.41) is 37.6. The monoisotopic (exact) mass is 372 g/mol. The largest absolute Gasteiger partial charge is 0.504 e. The van der Waals surface area contributed by atoms with Crippen LogP contribution in [-0.2, 0) is 11.8 Å². The minimum atomic E-state index is -1.04. The number of nitrogens with zero attached hydrogens (tertiary/aromatic N) is 1. The first-order chi connectivity index (χ1) is 13.0. The standard InChI is InChI=1S/C21H28N2O4/c1-22-13-6-7-20(26)15-8-12-4-5-14(24)18-17(12)21(20,19(13)27-18)16(25)10-23(15)9-11-2-3-11/h4-5,11,13,15-16,19,22,24-26H,2-3,6-10H2,1H3/t13?,15-,16?,19?,20-,21+/m1/s1. The van der Waals surface area contributed by atoms with Crippen LogP contribution in [-0.4, -0.2) is 70.2 Å². The summed E-state index contributed by atoms with van der Waals surface area (Å²) in [4.78, 5) is 2.35. The molecular formula is C21H28N2O4. The molecule has 2 aliphatic heterocycles. The van der Waals surface area contributed by atoms with Crippen molar-refractivity contribution in [1.29, 1.82) is 0 Å².